The Morgan fingerprint density at radius 1 is 1.28 bits per heavy atom. The first-order valence-corrected chi connectivity index (χ1v) is 6.07. The van der Waals surface area contributed by atoms with Crippen molar-refractivity contribution in [1.82, 2.24) is 4.98 Å². The SMILES string of the molecule is Cc1cccc(CC(O)Cc2cnccc2N)c1. The lowest BCUT2D eigenvalue weighted by Gasteiger charge is -2.12. The summed E-state index contributed by atoms with van der Waals surface area (Å²) in [6, 6.07) is 9.94. The molecule has 0 aliphatic carbocycles. The Hall–Kier alpha value is -1.87. The van der Waals surface area contributed by atoms with Crippen LogP contribution in [0.2, 0.25) is 0 Å². The predicted octanol–water partition coefficient (Wildman–Crippen LogP) is 2.12. The number of benzene rings is 1. The number of aliphatic hydroxyl groups excluding tert-OH is 1. The average molecular weight is 242 g/mol. The van der Waals surface area contributed by atoms with E-state index in [4.69, 9.17) is 5.73 Å². The predicted molar refractivity (Wildman–Crippen MR) is 73.2 cm³/mol. The summed E-state index contributed by atoms with van der Waals surface area (Å²) < 4.78 is 0. The van der Waals surface area contributed by atoms with E-state index in [1.54, 1.807) is 18.5 Å². The van der Waals surface area contributed by atoms with Gasteiger partial charge >= 0.3 is 0 Å². The Morgan fingerprint density at radius 3 is 2.83 bits per heavy atom. The summed E-state index contributed by atoms with van der Waals surface area (Å²) in [5, 5.41) is 10.1. The lowest BCUT2D eigenvalue weighted by molar-refractivity contribution is 0.175. The van der Waals surface area contributed by atoms with Crippen molar-refractivity contribution in [2.45, 2.75) is 25.9 Å². The van der Waals surface area contributed by atoms with Gasteiger partial charge in [0.25, 0.3) is 0 Å². The Kier molecular flexibility index (Phi) is 3.95. The van der Waals surface area contributed by atoms with Gasteiger partial charge in [-0.25, -0.2) is 0 Å². The molecule has 1 aromatic heterocycles. The first kappa shape index (κ1) is 12.6. The lowest BCUT2D eigenvalue weighted by atomic mass is 10.0. The highest BCUT2D eigenvalue weighted by atomic mass is 16.3. The molecule has 1 atom stereocenters. The van der Waals surface area contributed by atoms with Gasteiger partial charge in [0.2, 0.25) is 0 Å². The minimum atomic E-state index is -0.432. The molecule has 2 rings (SSSR count). The van der Waals surface area contributed by atoms with E-state index in [9.17, 15) is 5.11 Å². The van der Waals surface area contributed by atoms with Crippen LogP contribution in [0.1, 0.15) is 16.7 Å². The number of nitrogen functional groups attached to an aromatic ring is 1. The summed E-state index contributed by atoms with van der Waals surface area (Å²) in [5.74, 6) is 0. The topological polar surface area (TPSA) is 59.1 Å². The molecule has 0 bridgehead atoms. The van der Waals surface area contributed by atoms with Crippen LogP contribution >= 0.6 is 0 Å². The smallest absolute Gasteiger partial charge is 0.0622 e. The Balaban J connectivity index is 2.01. The number of pyridine rings is 1. The molecule has 3 nitrogen and oxygen atoms in total. The Labute approximate surface area is 107 Å². The van der Waals surface area contributed by atoms with E-state index in [1.165, 1.54) is 5.56 Å². The fourth-order valence-corrected chi connectivity index (χ4v) is 2.05. The van der Waals surface area contributed by atoms with Crippen LogP contribution in [0.3, 0.4) is 0 Å². The van der Waals surface area contributed by atoms with Gasteiger partial charge < -0.3 is 10.8 Å². The first-order chi connectivity index (χ1) is 8.65. The van der Waals surface area contributed by atoms with Crippen molar-refractivity contribution in [1.29, 1.82) is 0 Å². The zero-order valence-electron chi connectivity index (χ0n) is 10.5. The van der Waals surface area contributed by atoms with E-state index in [2.05, 4.69) is 24.0 Å². The Morgan fingerprint density at radius 2 is 2.11 bits per heavy atom. The molecule has 1 heterocycles. The van der Waals surface area contributed by atoms with Gasteiger partial charge in [0.15, 0.2) is 0 Å². The highest BCUT2D eigenvalue weighted by Gasteiger charge is 2.09. The van der Waals surface area contributed by atoms with Crippen LogP contribution in [0.5, 0.6) is 0 Å². The monoisotopic (exact) mass is 242 g/mol. The summed E-state index contributed by atoms with van der Waals surface area (Å²) in [6.45, 7) is 2.05. The number of anilines is 1. The minimum Gasteiger partial charge on any atom is -0.398 e. The molecule has 3 heteroatoms. The highest BCUT2D eigenvalue weighted by molar-refractivity contribution is 5.44. The molecule has 0 amide bonds. The number of aromatic nitrogens is 1. The summed E-state index contributed by atoms with van der Waals surface area (Å²) in [4.78, 5) is 4.03. The molecule has 3 N–H and O–H groups in total. The summed E-state index contributed by atoms with van der Waals surface area (Å²) in [5.41, 5.74) is 9.78. The van der Waals surface area contributed by atoms with Crippen LogP contribution in [0.15, 0.2) is 42.7 Å². The lowest BCUT2D eigenvalue weighted by Crippen LogP contribution is -2.15. The van der Waals surface area contributed by atoms with Gasteiger partial charge in [0.1, 0.15) is 0 Å². The Bertz CT molecular complexity index is 525. The van der Waals surface area contributed by atoms with Crippen molar-refractivity contribution >= 4 is 5.69 Å². The zero-order valence-corrected chi connectivity index (χ0v) is 10.5. The van der Waals surface area contributed by atoms with E-state index in [0.717, 1.165) is 11.1 Å². The van der Waals surface area contributed by atoms with E-state index in [0.29, 0.717) is 18.5 Å². The number of nitrogens with zero attached hydrogens (tertiary/aromatic N) is 1. The molecule has 1 aromatic carbocycles. The van der Waals surface area contributed by atoms with Gasteiger partial charge in [-0.05, 0) is 30.5 Å². The molecule has 94 valence electrons. The van der Waals surface area contributed by atoms with Gasteiger partial charge in [-0.2, -0.15) is 0 Å². The number of hydrogen-bond acceptors (Lipinski definition) is 3. The molecule has 1 unspecified atom stereocenters. The molecular formula is C15H18N2O. The number of nitrogens with two attached hydrogens (primary N) is 1. The number of aryl methyl sites for hydroxylation is 1. The molecule has 0 aliphatic heterocycles. The second-order valence-electron chi connectivity index (χ2n) is 4.63. The van der Waals surface area contributed by atoms with Crippen molar-refractivity contribution in [2.75, 3.05) is 5.73 Å². The van der Waals surface area contributed by atoms with E-state index in [1.807, 2.05) is 12.1 Å². The standard InChI is InChI=1S/C15H18N2O/c1-11-3-2-4-12(7-11)8-14(18)9-13-10-17-6-5-15(13)16/h2-7,10,14,18H,8-9H2,1H3,(H2,16,17). The van der Waals surface area contributed by atoms with Gasteiger partial charge in [0, 0.05) is 24.5 Å². The number of rotatable bonds is 4. The summed E-state index contributed by atoms with van der Waals surface area (Å²) >= 11 is 0. The molecule has 18 heavy (non-hydrogen) atoms. The molecule has 0 aliphatic rings. The third-order valence-corrected chi connectivity index (χ3v) is 2.95. The van der Waals surface area contributed by atoms with Gasteiger partial charge in [-0.3, -0.25) is 4.98 Å². The number of aliphatic hydroxyl groups is 1. The quantitative estimate of drug-likeness (QED) is 0.863. The van der Waals surface area contributed by atoms with Crippen molar-refractivity contribution in [3.05, 3.63) is 59.4 Å². The largest absolute Gasteiger partial charge is 0.398 e. The fraction of sp³-hybridized carbons (Fsp3) is 0.267. The molecule has 0 saturated carbocycles. The summed E-state index contributed by atoms with van der Waals surface area (Å²) in [7, 11) is 0. The summed E-state index contributed by atoms with van der Waals surface area (Å²) in [6.07, 6.45) is 4.11. The van der Waals surface area contributed by atoms with E-state index >= 15 is 0 Å². The highest BCUT2D eigenvalue weighted by Crippen LogP contribution is 2.14. The maximum atomic E-state index is 10.1. The maximum absolute atomic E-state index is 10.1. The van der Waals surface area contributed by atoms with Gasteiger partial charge in [-0.1, -0.05) is 29.8 Å². The molecule has 0 spiro atoms. The van der Waals surface area contributed by atoms with Crippen molar-refractivity contribution in [2.24, 2.45) is 0 Å². The van der Waals surface area contributed by atoms with Crippen molar-refractivity contribution in [3.8, 4) is 0 Å². The molecule has 0 fully saturated rings. The fourth-order valence-electron chi connectivity index (χ4n) is 2.05. The van der Waals surface area contributed by atoms with Crippen LogP contribution in [0.4, 0.5) is 5.69 Å². The van der Waals surface area contributed by atoms with Crippen LogP contribution < -0.4 is 5.73 Å². The van der Waals surface area contributed by atoms with E-state index in [-0.39, 0.29) is 0 Å². The first-order valence-electron chi connectivity index (χ1n) is 6.07. The maximum Gasteiger partial charge on any atom is 0.0622 e. The van der Waals surface area contributed by atoms with Gasteiger partial charge in [0.05, 0.1) is 6.10 Å². The van der Waals surface area contributed by atoms with Crippen LogP contribution in [0.25, 0.3) is 0 Å². The normalized spacial score (nSPS) is 12.3. The third-order valence-electron chi connectivity index (χ3n) is 2.95. The van der Waals surface area contributed by atoms with Crippen LogP contribution in [-0.4, -0.2) is 16.2 Å². The second-order valence-corrected chi connectivity index (χ2v) is 4.63. The van der Waals surface area contributed by atoms with E-state index < -0.39 is 6.10 Å². The molecule has 0 radical (unpaired) electrons. The second kappa shape index (κ2) is 5.65. The third kappa shape index (κ3) is 3.31. The van der Waals surface area contributed by atoms with Gasteiger partial charge in [-0.15, -0.1) is 0 Å². The van der Waals surface area contributed by atoms with Crippen LogP contribution in [-0.2, 0) is 12.8 Å². The molecular weight excluding hydrogens is 224 g/mol. The van der Waals surface area contributed by atoms with Crippen LogP contribution in [0, 0.1) is 6.92 Å². The molecule has 2 aromatic rings. The average Bonchev–Trinajstić information content (AvgIpc) is 2.32. The zero-order chi connectivity index (χ0) is 13.0. The minimum absolute atomic E-state index is 0.432. The number of hydrogen-bond donors (Lipinski definition) is 2. The molecule has 0 saturated heterocycles. The van der Waals surface area contributed by atoms with Crippen molar-refractivity contribution < 1.29 is 5.11 Å². The van der Waals surface area contributed by atoms with Crippen molar-refractivity contribution in [3.63, 3.8) is 0 Å².